The number of aromatic nitrogens is 1. The molecule has 2 aromatic rings. The van der Waals surface area contributed by atoms with Gasteiger partial charge in [-0.3, -0.25) is 0 Å². The van der Waals surface area contributed by atoms with Crippen LogP contribution < -0.4 is 4.90 Å². The average Bonchev–Trinajstić information content (AvgIpc) is 3.08. The summed E-state index contributed by atoms with van der Waals surface area (Å²) in [7, 11) is -3.69. The van der Waals surface area contributed by atoms with Crippen molar-refractivity contribution in [3.05, 3.63) is 35.7 Å². The summed E-state index contributed by atoms with van der Waals surface area (Å²) < 4.78 is 32.4. The molecule has 1 aliphatic heterocycles. The highest BCUT2D eigenvalue weighted by atomic mass is 32.2. The van der Waals surface area contributed by atoms with E-state index < -0.39 is 9.84 Å². The predicted molar refractivity (Wildman–Crippen MR) is 102 cm³/mol. The number of anilines is 1. The summed E-state index contributed by atoms with van der Waals surface area (Å²) in [5.41, 5.74) is 1.03. The van der Waals surface area contributed by atoms with E-state index in [4.69, 9.17) is 4.42 Å². The average molecular weight is 377 g/mol. The quantitative estimate of drug-likeness (QED) is 0.664. The summed E-state index contributed by atoms with van der Waals surface area (Å²) in [6, 6.07) is 6.93. The number of nitrogens with zero attached hydrogens (tertiary/aromatic N) is 2. The number of benzene rings is 1. The molecule has 1 saturated heterocycles. The Morgan fingerprint density at radius 2 is 1.77 bits per heavy atom. The van der Waals surface area contributed by atoms with Gasteiger partial charge in [0.25, 0.3) is 0 Å². The first kappa shape index (κ1) is 19.0. The van der Waals surface area contributed by atoms with Crippen LogP contribution in [0.4, 0.5) is 5.88 Å². The van der Waals surface area contributed by atoms with Gasteiger partial charge in [-0.15, -0.1) is 0 Å². The van der Waals surface area contributed by atoms with Crippen molar-refractivity contribution in [2.75, 3.05) is 18.0 Å². The molecule has 0 saturated carbocycles. The Bertz CT molecular complexity index is 819. The molecular weight excluding hydrogens is 348 g/mol. The van der Waals surface area contributed by atoms with Crippen molar-refractivity contribution in [1.29, 1.82) is 0 Å². The third-order valence-corrected chi connectivity index (χ3v) is 6.51. The highest BCUT2D eigenvalue weighted by Gasteiger charge is 2.31. The van der Waals surface area contributed by atoms with Crippen molar-refractivity contribution < 1.29 is 12.8 Å². The lowest BCUT2D eigenvalue weighted by Crippen LogP contribution is -2.30. The molecule has 142 valence electrons. The Morgan fingerprint density at radius 3 is 2.42 bits per heavy atom. The van der Waals surface area contributed by atoms with E-state index in [1.54, 1.807) is 12.1 Å². The molecule has 2 heterocycles. The maximum atomic E-state index is 13.2. The molecule has 1 aliphatic rings. The second-order valence-electron chi connectivity index (χ2n) is 7.04. The maximum Gasteiger partial charge on any atom is 0.236 e. The molecular formula is C20H28N2O3S. The van der Waals surface area contributed by atoms with Gasteiger partial charge in [-0.25, -0.2) is 8.42 Å². The van der Waals surface area contributed by atoms with Crippen LogP contribution in [0.1, 0.15) is 56.9 Å². The molecule has 1 aromatic heterocycles. The monoisotopic (exact) mass is 376 g/mol. The topological polar surface area (TPSA) is 63.4 Å². The van der Waals surface area contributed by atoms with Crippen LogP contribution in [0.5, 0.6) is 0 Å². The van der Waals surface area contributed by atoms with Gasteiger partial charge in [-0.05, 0) is 44.7 Å². The van der Waals surface area contributed by atoms with Crippen molar-refractivity contribution in [3.8, 4) is 0 Å². The highest BCUT2D eigenvalue weighted by Crippen LogP contribution is 2.33. The molecule has 3 rings (SSSR count). The summed E-state index contributed by atoms with van der Waals surface area (Å²) >= 11 is 0. The van der Waals surface area contributed by atoms with Crippen LogP contribution in [0.3, 0.4) is 0 Å². The SMILES string of the molecule is CCCCCc1nc(S(=O)(=O)c2ccc(C)cc2)c(N2CCCCC2)o1. The number of rotatable bonds is 7. The molecule has 26 heavy (non-hydrogen) atoms. The summed E-state index contributed by atoms with van der Waals surface area (Å²) in [4.78, 5) is 6.75. The Kier molecular flexibility index (Phi) is 6.01. The van der Waals surface area contributed by atoms with Crippen LogP contribution in [-0.4, -0.2) is 26.5 Å². The molecule has 0 amide bonds. The van der Waals surface area contributed by atoms with Crippen LogP contribution in [0.25, 0.3) is 0 Å². The minimum atomic E-state index is -3.69. The van der Waals surface area contributed by atoms with Crippen molar-refractivity contribution >= 4 is 15.7 Å². The number of oxazole rings is 1. The standard InChI is InChI=1S/C20H28N2O3S/c1-3-4-6-9-18-21-19(20(25-18)22-14-7-5-8-15-22)26(23,24)17-12-10-16(2)11-13-17/h10-13H,3-9,14-15H2,1-2H3. The fourth-order valence-electron chi connectivity index (χ4n) is 3.27. The van der Waals surface area contributed by atoms with Crippen LogP contribution >= 0.6 is 0 Å². The largest absolute Gasteiger partial charge is 0.424 e. The second kappa shape index (κ2) is 8.25. The van der Waals surface area contributed by atoms with E-state index in [1.807, 2.05) is 24.0 Å². The minimum absolute atomic E-state index is 0.0785. The molecule has 0 unspecified atom stereocenters. The van der Waals surface area contributed by atoms with Gasteiger partial charge in [0.1, 0.15) is 0 Å². The van der Waals surface area contributed by atoms with Gasteiger partial charge in [0.05, 0.1) is 4.90 Å². The molecule has 0 aliphatic carbocycles. The zero-order valence-electron chi connectivity index (χ0n) is 15.7. The molecule has 0 spiro atoms. The normalized spacial score (nSPS) is 15.4. The number of sulfone groups is 1. The van der Waals surface area contributed by atoms with Gasteiger partial charge >= 0.3 is 0 Å². The Hall–Kier alpha value is -1.82. The highest BCUT2D eigenvalue weighted by molar-refractivity contribution is 7.91. The molecule has 0 radical (unpaired) electrons. The van der Waals surface area contributed by atoms with Crippen molar-refractivity contribution in [3.63, 3.8) is 0 Å². The number of aryl methyl sites for hydroxylation is 2. The van der Waals surface area contributed by atoms with E-state index in [2.05, 4.69) is 11.9 Å². The van der Waals surface area contributed by atoms with E-state index in [0.717, 1.165) is 50.8 Å². The summed E-state index contributed by atoms with van der Waals surface area (Å²) in [6.07, 6.45) is 7.11. The van der Waals surface area contributed by atoms with Crippen LogP contribution in [-0.2, 0) is 16.3 Å². The number of piperidine rings is 1. The molecule has 0 atom stereocenters. The first-order chi connectivity index (χ1) is 12.5. The number of unbranched alkanes of at least 4 members (excludes halogenated alkanes) is 2. The third kappa shape index (κ3) is 4.11. The smallest absolute Gasteiger partial charge is 0.236 e. The molecule has 0 bridgehead atoms. The van der Waals surface area contributed by atoms with E-state index >= 15 is 0 Å². The number of hydrogen-bond acceptors (Lipinski definition) is 5. The van der Waals surface area contributed by atoms with E-state index in [-0.39, 0.29) is 9.92 Å². The van der Waals surface area contributed by atoms with Crippen LogP contribution in [0.2, 0.25) is 0 Å². The van der Waals surface area contributed by atoms with Crippen molar-refractivity contribution in [1.82, 2.24) is 4.98 Å². The second-order valence-corrected chi connectivity index (χ2v) is 8.90. The predicted octanol–water partition coefficient (Wildman–Crippen LogP) is 4.54. The molecule has 5 nitrogen and oxygen atoms in total. The summed E-state index contributed by atoms with van der Waals surface area (Å²) in [5.74, 6) is 0.960. The Morgan fingerprint density at radius 1 is 1.08 bits per heavy atom. The molecule has 0 N–H and O–H groups in total. The fraction of sp³-hybridized carbons (Fsp3) is 0.550. The van der Waals surface area contributed by atoms with Crippen LogP contribution in [0, 0.1) is 6.92 Å². The minimum Gasteiger partial charge on any atom is -0.424 e. The molecule has 1 aromatic carbocycles. The lowest BCUT2D eigenvalue weighted by atomic mass is 10.1. The van der Waals surface area contributed by atoms with Gasteiger partial charge in [-0.1, -0.05) is 37.5 Å². The van der Waals surface area contributed by atoms with Gasteiger partial charge in [0, 0.05) is 19.5 Å². The van der Waals surface area contributed by atoms with Crippen molar-refractivity contribution in [2.24, 2.45) is 0 Å². The Balaban J connectivity index is 1.98. The van der Waals surface area contributed by atoms with E-state index in [0.29, 0.717) is 18.2 Å². The van der Waals surface area contributed by atoms with E-state index in [1.165, 1.54) is 6.42 Å². The lowest BCUT2D eigenvalue weighted by Gasteiger charge is -2.26. The van der Waals surface area contributed by atoms with E-state index in [9.17, 15) is 8.42 Å². The zero-order chi connectivity index (χ0) is 18.6. The summed E-state index contributed by atoms with van der Waals surface area (Å²) in [5, 5.41) is 0.0785. The fourth-order valence-corrected chi connectivity index (χ4v) is 4.61. The van der Waals surface area contributed by atoms with Crippen molar-refractivity contribution in [2.45, 2.75) is 68.7 Å². The van der Waals surface area contributed by atoms with Gasteiger partial charge in [0.2, 0.25) is 20.7 Å². The molecule has 1 fully saturated rings. The lowest BCUT2D eigenvalue weighted by molar-refractivity contribution is 0.455. The number of hydrogen-bond donors (Lipinski definition) is 0. The van der Waals surface area contributed by atoms with Crippen LogP contribution in [0.15, 0.2) is 38.6 Å². The van der Waals surface area contributed by atoms with Gasteiger partial charge < -0.3 is 9.32 Å². The molecule has 6 heteroatoms. The first-order valence-electron chi connectivity index (χ1n) is 9.59. The van der Waals surface area contributed by atoms with Gasteiger partial charge in [0.15, 0.2) is 5.89 Å². The summed E-state index contributed by atoms with van der Waals surface area (Å²) in [6.45, 7) is 5.72. The first-order valence-corrected chi connectivity index (χ1v) is 11.1. The zero-order valence-corrected chi connectivity index (χ0v) is 16.5. The Labute approximate surface area is 156 Å². The third-order valence-electron chi connectivity index (χ3n) is 4.85. The maximum absolute atomic E-state index is 13.2. The van der Waals surface area contributed by atoms with Gasteiger partial charge in [-0.2, -0.15) is 4.98 Å².